The van der Waals surface area contributed by atoms with Gasteiger partial charge in [-0.15, -0.1) is 0 Å². The summed E-state index contributed by atoms with van der Waals surface area (Å²) in [6.07, 6.45) is 0.902. The lowest BCUT2D eigenvalue weighted by atomic mass is 10.0. The maximum Gasteiger partial charge on any atom is 0.252 e. The van der Waals surface area contributed by atoms with Gasteiger partial charge in [0.1, 0.15) is 0 Å². The maximum atomic E-state index is 12.8. The van der Waals surface area contributed by atoms with Gasteiger partial charge in [-0.2, -0.15) is 0 Å². The number of amides is 1. The second-order valence-corrected chi connectivity index (χ2v) is 6.22. The molecular formula is C21H22N2O. The van der Waals surface area contributed by atoms with Crippen LogP contribution in [0, 0.1) is 6.92 Å². The summed E-state index contributed by atoms with van der Waals surface area (Å²) < 4.78 is 0. The fraction of sp³-hybridized carbons (Fsp3) is 0.238. The summed E-state index contributed by atoms with van der Waals surface area (Å²) in [4.78, 5) is 17.5. The van der Waals surface area contributed by atoms with Crippen molar-refractivity contribution in [3.05, 3.63) is 65.7 Å². The van der Waals surface area contributed by atoms with Crippen LogP contribution >= 0.6 is 0 Å². The molecular weight excluding hydrogens is 296 g/mol. The van der Waals surface area contributed by atoms with E-state index < -0.39 is 0 Å². The Balaban J connectivity index is 2.17. The first-order chi connectivity index (χ1) is 11.6. The molecule has 0 saturated heterocycles. The molecule has 0 aliphatic carbocycles. The molecule has 0 aliphatic rings. The van der Waals surface area contributed by atoms with Crippen LogP contribution in [0.25, 0.3) is 22.2 Å². The van der Waals surface area contributed by atoms with Crippen molar-refractivity contribution in [3.63, 3.8) is 0 Å². The molecule has 0 spiro atoms. The first-order valence-corrected chi connectivity index (χ1v) is 8.36. The molecule has 0 aliphatic heterocycles. The lowest BCUT2D eigenvalue weighted by Gasteiger charge is -2.14. The van der Waals surface area contributed by atoms with E-state index in [4.69, 9.17) is 4.98 Å². The van der Waals surface area contributed by atoms with Crippen molar-refractivity contribution in [3.8, 4) is 11.3 Å². The van der Waals surface area contributed by atoms with E-state index in [-0.39, 0.29) is 11.9 Å². The fourth-order valence-electron chi connectivity index (χ4n) is 2.69. The number of benzene rings is 2. The molecule has 3 heteroatoms. The average Bonchev–Trinajstić information content (AvgIpc) is 2.61. The minimum Gasteiger partial charge on any atom is -0.350 e. The van der Waals surface area contributed by atoms with Crippen LogP contribution in [-0.4, -0.2) is 16.9 Å². The molecule has 1 N–H and O–H groups in total. The van der Waals surface area contributed by atoms with Crippen LogP contribution in [0.5, 0.6) is 0 Å². The lowest BCUT2D eigenvalue weighted by Crippen LogP contribution is -2.32. The van der Waals surface area contributed by atoms with Gasteiger partial charge >= 0.3 is 0 Å². The predicted molar refractivity (Wildman–Crippen MR) is 99.1 cm³/mol. The predicted octanol–water partition coefficient (Wildman–Crippen LogP) is 4.74. The van der Waals surface area contributed by atoms with Crippen molar-refractivity contribution in [2.75, 3.05) is 0 Å². The number of hydrogen-bond donors (Lipinski definition) is 1. The van der Waals surface area contributed by atoms with E-state index in [9.17, 15) is 4.79 Å². The number of nitrogens with zero attached hydrogens (tertiary/aromatic N) is 1. The number of aromatic nitrogens is 1. The number of rotatable bonds is 4. The Bertz CT molecular complexity index is 872. The molecule has 0 fully saturated rings. The Hall–Kier alpha value is -2.68. The van der Waals surface area contributed by atoms with Gasteiger partial charge in [-0.3, -0.25) is 4.79 Å². The molecule has 0 saturated carbocycles. The number of carbonyl (C=O) groups excluding carboxylic acids is 1. The first kappa shape index (κ1) is 16.2. The molecule has 1 unspecified atom stereocenters. The van der Waals surface area contributed by atoms with Crippen molar-refractivity contribution in [1.82, 2.24) is 10.3 Å². The van der Waals surface area contributed by atoms with Crippen molar-refractivity contribution < 1.29 is 4.79 Å². The van der Waals surface area contributed by atoms with Gasteiger partial charge in [0, 0.05) is 17.0 Å². The Morgan fingerprint density at radius 2 is 1.88 bits per heavy atom. The third-order valence-corrected chi connectivity index (χ3v) is 4.27. The summed E-state index contributed by atoms with van der Waals surface area (Å²) in [5.74, 6) is -0.0421. The second kappa shape index (κ2) is 6.83. The topological polar surface area (TPSA) is 42.0 Å². The molecule has 1 aromatic heterocycles. The highest BCUT2D eigenvalue weighted by Crippen LogP contribution is 2.25. The number of pyridine rings is 1. The fourth-order valence-corrected chi connectivity index (χ4v) is 2.69. The van der Waals surface area contributed by atoms with E-state index >= 15 is 0 Å². The van der Waals surface area contributed by atoms with Crippen LogP contribution in [0.4, 0.5) is 0 Å². The first-order valence-electron chi connectivity index (χ1n) is 8.36. The molecule has 1 amide bonds. The number of hydrogen-bond acceptors (Lipinski definition) is 2. The van der Waals surface area contributed by atoms with Crippen molar-refractivity contribution in [1.29, 1.82) is 0 Å². The van der Waals surface area contributed by atoms with Gasteiger partial charge in [0.25, 0.3) is 5.91 Å². The number of fused-ring (bicyclic) bond motifs is 1. The molecule has 1 atom stereocenters. The van der Waals surface area contributed by atoms with E-state index in [1.807, 2.05) is 68.4 Å². The van der Waals surface area contributed by atoms with Crippen LogP contribution < -0.4 is 5.32 Å². The number of nitrogens with one attached hydrogen (secondary N) is 1. The highest BCUT2D eigenvalue weighted by atomic mass is 16.1. The zero-order valence-corrected chi connectivity index (χ0v) is 14.3. The van der Waals surface area contributed by atoms with Gasteiger partial charge in [0.05, 0.1) is 16.8 Å². The second-order valence-electron chi connectivity index (χ2n) is 6.22. The Kier molecular flexibility index (Phi) is 4.61. The van der Waals surface area contributed by atoms with Gasteiger partial charge in [-0.25, -0.2) is 4.98 Å². The minimum atomic E-state index is -0.0421. The molecule has 3 nitrogen and oxygen atoms in total. The van der Waals surface area contributed by atoms with Gasteiger partial charge in [-0.1, -0.05) is 48.9 Å². The largest absolute Gasteiger partial charge is 0.350 e. The molecule has 3 aromatic rings. The van der Waals surface area contributed by atoms with Crippen molar-refractivity contribution in [2.24, 2.45) is 0 Å². The zero-order valence-electron chi connectivity index (χ0n) is 14.3. The summed E-state index contributed by atoms with van der Waals surface area (Å²) in [5, 5.41) is 3.97. The maximum absolute atomic E-state index is 12.8. The Morgan fingerprint density at radius 1 is 1.12 bits per heavy atom. The highest BCUT2D eigenvalue weighted by molar-refractivity contribution is 6.07. The van der Waals surface area contributed by atoms with Crippen molar-refractivity contribution in [2.45, 2.75) is 33.2 Å². The Morgan fingerprint density at radius 3 is 2.58 bits per heavy atom. The van der Waals surface area contributed by atoms with E-state index in [1.165, 1.54) is 0 Å². The molecule has 0 bridgehead atoms. The summed E-state index contributed by atoms with van der Waals surface area (Å²) >= 11 is 0. The molecule has 2 aromatic carbocycles. The monoisotopic (exact) mass is 318 g/mol. The van der Waals surface area contributed by atoms with Crippen LogP contribution in [-0.2, 0) is 0 Å². The minimum absolute atomic E-state index is 0.0421. The van der Waals surface area contributed by atoms with E-state index in [1.54, 1.807) is 0 Å². The van der Waals surface area contributed by atoms with Crippen LogP contribution in [0.2, 0.25) is 0 Å². The standard InChI is InChI=1S/C21H22N2O/c1-4-15(3)22-21(24)18-13-20(16-8-6-5-7-9-16)23-19-11-10-14(2)12-17(18)19/h5-13,15H,4H2,1-3H3,(H,22,24). The van der Waals surface area contributed by atoms with Gasteiger partial charge < -0.3 is 5.32 Å². The summed E-state index contributed by atoms with van der Waals surface area (Å²) in [5.41, 5.74) is 4.48. The van der Waals surface area contributed by atoms with Gasteiger partial charge in [-0.05, 0) is 38.5 Å². The van der Waals surface area contributed by atoms with Crippen LogP contribution in [0.3, 0.4) is 0 Å². The third-order valence-electron chi connectivity index (χ3n) is 4.27. The lowest BCUT2D eigenvalue weighted by molar-refractivity contribution is 0.0941. The van der Waals surface area contributed by atoms with Crippen LogP contribution in [0.15, 0.2) is 54.6 Å². The highest BCUT2D eigenvalue weighted by Gasteiger charge is 2.15. The zero-order chi connectivity index (χ0) is 17.1. The molecule has 122 valence electrons. The quantitative estimate of drug-likeness (QED) is 0.755. The van der Waals surface area contributed by atoms with E-state index in [2.05, 4.69) is 12.2 Å². The molecule has 0 radical (unpaired) electrons. The molecule has 1 heterocycles. The van der Waals surface area contributed by atoms with Crippen LogP contribution in [0.1, 0.15) is 36.2 Å². The van der Waals surface area contributed by atoms with Crippen molar-refractivity contribution >= 4 is 16.8 Å². The number of aryl methyl sites for hydroxylation is 1. The smallest absolute Gasteiger partial charge is 0.252 e. The molecule has 3 rings (SSSR count). The number of carbonyl (C=O) groups is 1. The van der Waals surface area contributed by atoms with E-state index in [0.29, 0.717) is 5.56 Å². The van der Waals surface area contributed by atoms with Gasteiger partial charge in [0.2, 0.25) is 0 Å². The van der Waals surface area contributed by atoms with Gasteiger partial charge in [0.15, 0.2) is 0 Å². The average molecular weight is 318 g/mol. The summed E-state index contributed by atoms with van der Waals surface area (Å²) in [6, 6.07) is 18.0. The Labute approximate surface area is 142 Å². The summed E-state index contributed by atoms with van der Waals surface area (Å²) in [7, 11) is 0. The van der Waals surface area contributed by atoms with E-state index in [0.717, 1.165) is 34.1 Å². The third kappa shape index (κ3) is 3.30. The SMILES string of the molecule is CCC(C)NC(=O)c1cc(-c2ccccc2)nc2ccc(C)cc12. The summed E-state index contributed by atoms with van der Waals surface area (Å²) in [6.45, 7) is 6.11. The normalized spacial score (nSPS) is 12.1. The molecule has 24 heavy (non-hydrogen) atoms.